The van der Waals surface area contributed by atoms with Crippen LogP contribution in [0.3, 0.4) is 0 Å². The number of aromatic hydroxyl groups is 1. The van der Waals surface area contributed by atoms with E-state index in [2.05, 4.69) is 26.5 Å². The second kappa shape index (κ2) is 8.10. The third-order valence-electron chi connectivity index (χ3n) is 5.77. The SMILES string of the molecule is O=C(NC1=CCCC1)c1ccc(-c2cc(=NC3CC3)n3ncc(=Cc4[nH]c(=O)[nH]c4O)c3n2)s1. The van der Waals surface area contributed by atoms with Crippen molar-refractivity contribution in [3.05, 3.63) is 67.9 Å². The first kappa shape index (κ1) is 20.6. The van der Waals surface area contributed by atoms with E-state index >= 15 is 0 Å². The molecule has 2 aliphatic carbocycles. The Morgan fingerprint density at radius 1 is 1.32 bits per heavy atom. The second-order valence-electron chi connectivity index (χ2n) is 8.42. The first-order valence-corrected chi connectivity index (χ1v) is 11.9. The Hall–Kier alpha value is -3.99. The highest BCUT2D eigenvalue weighted by Crippen LogP contribution is 2.27. The number of carbonyl (C=O) groups is 1. The highest BCUT2D eigenvalue weighted by atomic mass is 32.1. The van der Waals surface area contributed by atoms with E-state index in [4.69, 9.17) is 9.98 Å². The first-order chi connectivity index (χ1) is 16.5. The van der Waals surface area contributed by atoms with E-state index in [1.54, 1.807) is 22.9 Å². The maximum absolute atomic E-state index is 12.7. The summed E-state index contributed by atoms with van der Waals surface area (Å²) >= 11 is 1.37. The van der Waals surface area contributed by atoms with Gasteiger partial charge in [-0.25, -0.2) is 9.78 Å². The van der Waals surface area contributed by atoms with Crippen molar-refractivity contribution >= 4 is 29.0 Å². The summed E-state index contributed by atoms with van der Waals surface area (Å²) in [6.45, 7) is 0. The van der Waals surface area contributed by atoms with Crippen LogP contribution in [0.5, 0.6) is 5.88 Å². The maximum Gasteiger partial charge on any atom is 0.326 e. The summed E-state index contributed by atoms with van der Waals surface area (Å²) in [5, 5.41) is 18.0. The molecule has 0 aromatic carbocycles. The quantitative estimate of drug-likeness (QED) is 0.347. The molecular formula is C23H21N7O3S. The van der Waals surface area contributed by atoms with E-state index in [9.17, 15) is 14.7 Å². The van der Waals surface area contributed by atoms with Gasteiger partial charge in [0.25, 0.3) is 5.91 Å². The molecule has 1 saturated carbocycles. The number of aromatic nitrogens is 5. The Morgan fingerprint density at radius 2 is 2.21 bits per heavy atom. The van der Waals surface area contributed by atoms with Crippen LogP contribution in [0, 0.1) is 0 Å². The lowest BCUT2D eigenvalue weighted by Crippen LogP contribution is -2.20. The molecule has 0 bridgehead atoms. The summed E-state index contributed by atoms with van der Waals surface area (Å²) in [4.78, 5) is 40.1. The Balaban J connectivity index is 1.44. The van der Waals surface area contributed by atoms with Crippen molar-refractivity contribution in [1.82, 2.24) is 29.9 Å². The van der Waals surface area contributed by atoms with Gasteiger partial charge in [0.2, 0.25) is 5.88 Å². The molecule has 0 spiro atoms. The third-order valence-corrected chi connectivity index (χ3v) is 6.88. The fraction of sp³-hybridized carbons (Fsp3) is 0.261. The van der Waals surface area contributed by atoms with E-state index in [-0.39, 0.29) is 23.5 Å². The van der Waals surface area contributed by atoms with Crippen LogP contribution in [0.15, 0.2) is 46.0 Å². The minimum absolute atomic E-state index is 0.112. The van der Waals surface area contributed by atoms with Gasteiger partial charge in [-0.3, -0.25) is 14.8 Å². The highest BCUT2D eigenvalue weighted by molar-refractivity contribution is 7.17. The molecule has 0 aliphatic heterocycles. The lowest BCUT2D eigenvalue weighted by atomic mass is 10.3. The predicted octanol–water partition coefficient (Wildman–Crippen LogP) is 1.59. The molecule has 4 aromatic heterocycles. The summed E-state index contributed by atoms with van der Waals surface area (Å²) in [7, 11) is 0. The molecule has 6 rings (SSSR count). The molecule has 0 unspecified atom stereocenters. The molecule has 10 nitrogen and oxygen atoms in total. The third kappa shape index (κ3) is 3.94. The topological polar surface area (TPSA) is 141 Å². The van der Waals surface area contributed by atoms with E-state index in [1.807, 2.05) is 12.1 Å². The lowest BCUT2D eigenvalue weighted by molar-refractivity contribution is 0.0969. The van der Waals surface area contributed by atoms with Crippen molar-refractivity contribution in [3.63, 3.8) is 0 Å². The Morgan fingerprint density at radius 3 is 2.94 bits per heavy atom. The largest absolute Gasteiger partial charge is 0.493 e. The second-order valence-corrected chi connectivity index (χ2v) is 9.50. The van der Waals surface area contributed by atoms with E-state index < -0.39 is 5.69 Å². The normalized spacial score (nSPS) is 17.0. The van der Waals surface area contributed by atoms with E-state index in [0.717, 1.165) is 42.7 Å². The number of hydrogen-bond acceptors (Lipinski definition) is 7. The van der Waals surface area contributed by atoms with Crippen molar-refractivity contribution in [2.24, 2.45) is 4.99 Å². The van der Waals surface area contributed by atoms with Crippen molar-refractivity contribution in [2.75, 3.05) is 0 Å². The molecule has 1 amide bonds. The lowest BCUT2D eigenvalue weighted by Gasteiger charge is -2.03. The zero-order chi connectivity index (χ0) is 23.2. The van der Waals surface area contributed by atoms with Crippen molar-refractivity contribution in [1.29, 1.82) is 0 Å². The number of amides is 1. The molecule has 0 atom stereocenters. The smallest absolute Gasteiger partial charge is 0.326 e. The molecule has 0 radical (unpaired) electrons. The molecule has 2 aliphatic rings. The zero-order valence-corrected chi connectivity index (χ0v) is 18.9. The van der Waals surface area contributed by atoms with Crippen LogP contribution in [0.25, 0.3) is 22.3 Å². The number of hydrogen-bond donors (Lipinski definition) is 4. The molecule has 11 heteroatoms. The minimum Gasteiger partial charge on any atom is -0.493 e. The zero-order valence-electron chi connectivity index (χ0n) is 18.0. The first-order valence-electron chi connectivity index (χ1n) is 11.1. The molecule has 4 heterocycles. The number of H-pyrrole nitrogens is 2. The number of allylic oxidation sites excluding steroid dienone is 2. The van der Waals surface area contributed by atoms with Crippen molar-refractivity contribution < 1.29 is 9.90 Å². The maximum atomic E-state index is 12.7. The Kier molecular flexibility index (Phi) is 4.91. The number of carbonyl (C=O) groups excluding carboxylic acids is 1. The van der Waals surface area contributed by atoms with E-state index in [0.29, 0.717) is 26.9 Å². The number of fused-ring (bicyclic) bond motifs is 1. The van der Waals surface area contributed by atoms with Gasteiger partial charge in [0.05, 0.1) is 27.7 Å². The molecule has 4 aromatic rings. The van der Waals surface area contributed by atoms with Gasteiger partial charge >= 0.3 is 5.69 Å². The highest BCUT2D eigenvalue weighted by Gasteiger charge is 2.21. The Bertz CT molecular complexity index is 1630. The molecular weight excluding hydrogens is 454 g/mol. The number of thiophene rings is 1. The van der Waals surface area contributed by atoms with Gasteiger partial charge in [-0.1, -0.05) is 6.08 Å². The Labute approximate surface area is 196 Å². The average molecular weight is 476 g/mol. The van der Waals surface area contributed by atoms with Gasteiger partial charge in [-0.2, -0.15) is 9.61 Å². The average Bonchev–Trinajstić information content (AvgIpc) is 3.24. The standard InChI is InChI=1S/C23H21N7O3S/c31-21-16(28-23(33)29-21)9-12-11-24-30-19(25-14-5-6-14)10-15(27-20(12)30)17-7-8-18(34-17)22(32)26-13-3-1-2-4-13/h3,7-11,14,31H,1-2,4-6H2,(H,26,32)(H2,28,29,33). The summed E-state index contributed by atoms with van der Waals surface area (Å²) in [5.41, 5.74) is 2.60. The van der Waals surface area contributed by atoms with Crippen LogP contribution < -0.4 is 21.7 Å². The molecule has 4 N–H and O–H groups in total. The number of aromatic amines is 2. The van der Waals surface area contributed by atoms with Crippen LogP contribution in [-0.4, -0.2) is 41.6 Å². The number of nitrogens with one attached hydrogen (secondary N) is 3. The van der Waals surface area contributed by atoms with Crippen LogP contribution >= 0.6 is 11.3 Å². The molecule has 172 valence electrons. The molecule has 1 fully saturated rings. The van der Waals surface area contributed by atoms with Crippen LogP contribution in [0.1, 0.15) is 47.5 Å². The molecule has 34 heavy (non-hydrogen) atoms. The van der Waals surface area contributed by atoms with Gasteiger partial charge in [0.1, 0.15) is 5.69 Å². The van der Waals surface area contributed by atoms with Gasteiger partial charge in [0.15, 0.2) is 11.1 Å². The number of nitrogens with zero attached hydrogens (tertiary/aromatic N) is 4. The van der Waals surface area contributed by atoms with Crippen LogP contribution in [0.2, 0.25) is 0 Å². The van der Waals surface area contributed by atoms with E-state index in [1.165, 1.54) is 11.3 Å². The van der Waals surface area contributed by atoms with Gasteiger partial charge in [-0.15, -0.1) is 11.3 Å². The predicted molar refractivity (Wildman–Crippen MR) is 126 cm³/mol. The van der Waals surface area contributed by atoms with Crippen molar-refractivity contribution in [3.8, 4) is 16.5 Å². The summed E-state index contributed by atoms with van der Waals surface area (Å²) < 4.78 is 1.66. The molecule has 0 saturated heterocycles. The monoisotopic (exact) mass is 475 g/mol. The number of rotatable bonds is 5. The van der Waals surface area contributed by atoms with Gasteiger partial charge in [0, 0.05) is 17.0 Å². The summed E-state index contributed by atoms with van der Waals surface area (Å²) in [6, 6.07) is 5.84. The summed E-state index contributed by atoms with van der Waals surface area (Å²) in [6.07, 6.45) is 10.3. The summed E-state index contributed by atoms with van der Waals surface area (Å²) in [5.74, 6) is -0.367. The minimum atomic E-state index is -0.504. The van der Waals surface area contributed by atoms with Gasteiger partial charge < -0.3 is 15.4 Å². The number of imidazole rings is 1. The van der Waals surface area contributed by atoms with Crippen molar-refractivity contribution in [2.45, 2.75) is 38.1 Å². The fourth-order valence-corrected chi connectivity index (χ4v) is 4.77. The van der Waals surface area contributed by atoms with Crippen LogP contribution in [-0.2, 0) is 0 Å². The van der Waals surface area contributed by atoms with Gasteiger partial charge in [-0.05, 0) is 50.3 Å². The van der Waals surface area contributed by atoms with Crippen LogP contribution in [0.4, 0.5) is 0 Å². The fourth-order valence-electron chi connectivity index (χ4n) is 3.91.